The van der Waals surface area contributed by atoms with Crippen LogP contribution in [0.4, 0.5) is 0 Å². The standard InChI is InChI=1S/C9H11NO4/c10-9(7(13)14)3-1-4-5(9)8(4,2-3)6(11)12/h3-5H,1-2,10H2,(H,11,12)(H,13,14)/t3-,4-,5+,8-,9-/m0/s1. The number of carboxylic acid groups (broad SMARTS) is 2. The second-order valence-electron chi connectivity index (χ2n) is 4.80. The second kappa shape index (κ2) is 1.82. The molecule has 4 aliphatic carbocycles. The number of nitrogens with two attached hydrogens (primary N) is 1. The van der Waals surface area contributed by atoms with Gasteiger partial charge in [-0.25, -0.2) is 0 Å². The minimum atomic E-state index is -1.26. The van der Waals surface area contributed by atoms with Gasteiger partial charge in [-0.15, -0.1) is 0 Å². The van der Waals surface area contributed by atoms with Gasteiger partial charge in [0.05, 0.1) is 5.41 Å². The van der Waals surface area contributed by atoms with Crippen LogP contribution in [0.2, 0.25) is 0 Å². The molecule has 0 amide bonds. The van der Waals surface area contributed by atoms with Crippen LogP contribution in [0.5, 0.6) is 0 Å². The molecule has 0 aromatic rings. The monoisotopic (exact) mass is 197 g/mol. The predicted molar refractivity (Wildman–Crippen MR) is 44.3 cm³/mol. The van der Waals surface area contributed by atoms with E-state index in [1.807, 2.05) is 0 Å². The summed E-state index contributed by atoms with van der Waals surface area (Å²) in [6.07, 6.45) is 1.14. The molecule has 0 unspecified atom stereocenters. The zero-order valence-electron chi connectivity index (χ0n) is 7.43. The van der Waals surface area contributed by atoms with Gasteiger partial charge in [0.2, 0.25) is 0 Å². The summed E-state index contributed by atoms with van der Waals surface area (Å²) in [5.41, 5.74) is 3.79. The molecule has 14 heavy (non-hydrogen) atoms. The van der Waals surface area contributed by atoms with Crippen molar-refractivity contribution in [2.75, 3.05) is 0 Å². The van der Waals surface area contributed by atoms with Crippen molar-refractivity contribution in [3.05, 3.63) is 0 Å². The first-order valence-corrected chi connectivity index (χ1v) is 4.71. The van der Waals surface area contributed by atoms with Crippen molar-refractivity contribution in [2.24, 2.45) is 28.9 Å². The van der Waals surface area contributed by atoms with Crippen molar-refractivity contribution >= 4 is 11.9 Å². The molecule has 0 spiro atoms. The van der Waals surface area contributed by atoms with Crippen molar-refractivity contribution in [3.8, 4) is 0 Å². The Balaban J connectivity index is 2.06. The highest BCUT2D eigenvalue weighted by atomic mass is 16.4. The summed E-state index contributed by atoms with van der Waals surface area (Å²) < 4.78 is 0. The maximum atomic E-state index is 11.1. The minimum Gasteiger partial charge on any atom is -0.481 e. The molecule has 5 nitrogen and oxygen atoms in total. The van der Waals surface area contributed by atoms with Crippen LogP contribution >= 0.6 is 0 Å². The molecule has 0 aliphatic heterocycles. The van der Waals surface area contributed by atoms with Crippen LogP contribution in [0.15, 0.2) is 0 Å². The van der Waals surface area contributed by atoms with Gasteiger partial charge in [0, 0.05) is 5.92 Å². The summed E-state index contributed by atoms with van der Waals surface area (Å²) in [6.45, 7) is 0. The number of hydrogen-bond donors (Lipinski definition) is 3. The average Bonchev–Trinajstić information content (AvgIpc) is 2.45. The summed E-state index contributed by atoms with van der Waals surface area (Å²) in [6, 6.07) is 0. The van der Waals surface area contributed by atoms with E-state index in [9.17, 15) is 9.59 Å². The highest BCUT2D eigenvalue weighted by molar-refractivity contribution is 5.90. The fourth-order valence-electron chi connectivity index (χ4n) is 4.00. The summed E-state index contributed by atoms with van der Waals surface area (Å²) in [5, 5.41) is 18.1. The van der Waals surface area contributed by atoms with Crippen LogP contribution in [-0.4, -0.2) is 27.7 Å². The summed E-state index contributed by atoms with van der Waals surface area (Å²) in [4.78, 5) is 22.1. The predicted octanol–water partition coefficient (Wildman–Crippen LogP) is -0.491. The largest absolute Gasteiger partial charge is 0.481 e. The number of hydrogen-bond acceptors (Lipinski definition) is 3. The molecule has 0 heterocycles. The van der Waals surface area contributed by atoms with Crippen LogP contribution in [0, 0.1) is 23.2 Å². The fraction of sp³-hybridized carbons (Fsp3) is 0.778. The molecule has 4 saturated carbocycles. The number of aliphatic carboxylic acids is 2. The Kier molecular flexibility index (Phi) is 1.07. The third-order valence-electron chi connectivity index (χ3n) is 4.59. The minimum absolute atomic E-state index is 0.0195. The van der Waals surface area contributed by atoms with Gasteiger partial charge in [-0.3, -0.25) is 9.59 Å². The highest BCUT2D eigenvalue weighted by Crippen LogP contribution is 2.81. The van der Waals surface area contributed by atoms with E-state index in [1.54, 1.807) is 0 Å². The SMILES string of the molecule is N[C@@]1(C(=O)O)[C@H]2C[C@H]3[C@@H]1[C@]3(C(=O)O)C2. The van der Waals surface area contributed by atoms with Crippen LogP contribution < -0.4 is 5.73 Å². The first-order valence-electron chi connectivity index (χ1n) is 4.71. The molecule has 0 aromatic carbocycles. The van der Waals surface area contributed by atoms with E-state index in [2.05, 4.69) is 0 Å². The van der Waals surface area contributed by atoms with E-state index in [4.69, 9.17) is 15.9 Å². The van der Waals surface area contributed by atoms with Gasteiger partial charge in [-0.05, 0) is 24.7 Å². The molecule has 5 atom stereocenters. The Hall–Kier alpha value is -1.10. The zero-order chi connectivity index (χ0) is 10.3. The maximum Gasteiger partial charge on any atom is 0.324 e. The van der Waals surface area contributed by atoms with Crippen molar-refractivity contribution in [1.82, 2.24) is 0 Å². The third-order valence-corrected chi connectivity index (χ3v) is 4.59. The molecule has 5 heteroatoms. The Labute approximate surface area is 79.9 Å². The molecule has 4 aliphatic rings. The van der Waals surface area contributed by atoms with Crippen LogP contribution in [0.3, 0.4) is 0 Å². The lowest BCUT2D eigenvalue weighted by atomic mass is 9.90. The number of carboxylic acids is 2. The molecule has 4 bridgehead atoms. The number of rotatable bonds is 2. The van der Waals surface area contributed by atoms with Gasteiger partial charge < -0.3 is 15.9 Å². The highest BCUT2D eigenvalue weighted by Gasteiger charge is 2.88. The van der Waals surface area contributed by atoms with Gasteiger partial charge in [0.1, 0.15) is 5.54 Å². The lowest BCUT2D eigenvalue weighted by Crippen LogP contribution is -2.51. The van der Waals surface area contributed by atoms with E-state index < -0.39 is 22.9 Å². The number of carbonyl (C=O) groups is 2. The van der Waals surface area contributed by atoms with E-state index in [-0.39, 0.29) is 17.8 Å². The maximum absolute atomic E-state index is 11.1. The Bertz CT molecular complexity index is 368. The normalized spacial score (nSPS) is 57.4. The van der Waals surface area contributed by atoms with Crippen molar-refractivity contribution in [2.45, 2.75) is 18.4 Å². The molecule has 4 rings (SSSR count). The first kappa shape index (κ1) is 8.23. The fourth-order valence-corrected chi connectivity index (χ4v) is 4.00. The van der Waals surface area contributed by atoms with Gasteiger partial charge in [-0.1, -0.05) is 0 Å². The van der Waals surface area contributed by atoms with Crippen LogP contribution in [-0.2, 0) is 9.59 Å². The lowest BCUT2D eigenvalue weighted by molar-refractivity contribution is -0.145. The van der Waals surface area contributed by atoms with Crippen LogP contribution in [0.1, 0.15) is 12.8 Å². The van der Waals surface area contributed by atoms with E-state index >= 15 is 0 Å². The molecule has 0 radical (unpaired) electrons. The van der Waals surface area contributed by atoms with E-state index in [0.717, 1.165) is 0 Å². The molecular formula is C9H11NO4. The summed E-state index contributed by atoms with van der Waals surface area (Å²) in [7, 11) is 0. The lowest BCUT2D eigenvalue weighted by Gasteiger charge is -2.22. The third kappa shape index (κ3) is 0.507. The van der Waals surface area contributed by atoms with Gasteiger partial charge in [0.15, 0.2) is 0 Å². The van der Waals surface area contributed by atoms with Gasteiger partial charge in [0.25, 0.3) is 0 Å². The molecule has 0 saturated heterocycles. The zero-order valence-corrected chi connectivity index (χ0v) is 7.43. The van der Waals surface area contributed by atoms with Crippen LogP contribution in [0.25, 0.3) is 0 Å². The molecular weight excluding hydrogens is 186 g/mol. The van der Waals surface area contributed by atoms with Gasteiger partial charge in [-0.2, -0.15) is 0 Å². The smallest absolute Gasteiger partial charge is 0.324 e. The van der Waals surface area contributed by atoms with Crippen molar-refractivity contribution < 1.29 is 19.8 Å². The first-order chi connectivity index (χ1) is 6.45. The second-order valence-corrected chi connectivity index (χ2v) is 4.80. The Morgan fingerprint density at radius 3 is 2.21 bits per heavy atom. The Morgan fingerprint density at radius 2 is 1.93 bits per heavy atom. The van der Waals surface area contributed by atoms with E-state index in [1.165, 1.54) is 0 Å². The molecule has 0 aromatic heterocycles. The quantitative estimate of drug-likeness (QED) is 0.554. The van der Waals surface area contributed by atoms with Gasteiger partial charge >= 0.3 is 11.9 Å². The summed E-state index contributed by atoms with van der Waals surface area (Å²) >= 11 is 0. The van der Waals surface area contributed by atoms with E-state index in [0.29, 0.717) is 12.8 Å². The van der Waals surface area contributed by atoms with Crippen molar-refractivity contribution in [3.63, 3.8) is 0 Å². The molecule has 4 N–H and O–H groups in total. The summed E-state index contributed by atoms with van der Waals surface area (Å²) in [5.74, 6) is -2.33. The average molecular weight is 197 g/mol. The molecule has 76 valence electrons. The Morgan fingerprint density at radius 1 is 1.29 bits per heavy atom. The van der Waals surface area contributed by atoms with Crippen molar-refractivity contribution in [1.29, 1.82) is 0 Å². The molecule has 4 fully saturated rings. The topological polar surface area (TPSA) is 101 Å².